The molecular formula is C19H15F2N3O4. The molecule has 1 amide bonds. The monoisotopic (exact) mass is 387 g/mol. The largest absolute Gasteiger partial charge is 0.494 e. The third-order valence-corrected chi connectivity index (χ3v) is 3.80. The zero-order valence-corrected chi connectivity index (χ0v) is 14.9. The maximum atomic E-state index is 13.8. The van der Waals surface area contributed by atoms with Crippen LogP contribution in [0.1, 0.15) is 10.5 Å². The highest BCUT2D eigenvalue weighted by Gasteiger charge is 2.18. The van der Waals surface area contributed by atoms with Crippen LogP contribution in [-0.2, 0) is 0 Å². The van der Waals surface area contributed by atoms with Gasteiger partial charge in [-0.25, -0.2) is 13.5 Å². The molecule has 3 rings (SSSR count). The quantitative estimate of drug-likeness (QED) is 0.728. The van der Waals surface area contributed by atoms with E-state index in [0.717, 1.165) is 12.1 Å². The first-order valence-corrected chi connectivity index (χ1v) is 8.02. The van der Waals surface area contributed by atoms with Gasteiger partial charge in [-0.15, -0.1) is 0 Å². The summed E-state index contributed by atoms with van der Waals surface area (Å²) in [6, 6.07) is 10.1. The van der Waals surface area contributed by atoms with Crippen molar-refractivity contribution in [1.29, 1.82) is 0 Å². The van der Waals surface area contributed by atoms with Crippen molar-refractivity contribution in [3.63, 3.8) is 0 Å². The zero-order valence-electron chi connectivity index (χ0n) is 14.9. The van der Waals surface area contributed by atoms with Gasteiger partial charge in [-0.2, -0.15) is 5.10 Å². The Hall–Kier alpha value is -3.75. The second-order valence-electron chi connectivity index (χ2n) is 5.59. The first kappa shape index (κ1) is 19.0. The number of nitrogens with one attached hydrogen (secondary N) is 1. The molecule has 0 aliphatic heterocycles. The van der Waals surface area contributed by atoms with Gasteiger partial charge in [-0.1, -0.05) is 0 Å². The normalized spacial score (nSPS) is 10.4. The minimum absolute atomic E-state index is 0.0132. The molecule has 0 saturated heterocycles. The molecule has 0 fully saturated rings. The molecule has 1 aromatic heterocycles. The third-order valence-electron chi connectivity index (χ3n) is 3.80. The molecule has 2 aromatic carbocycles. The molecule has 1 N–H and O–H groups in total. The number of hydrogen-bond donors (Lipinski definition) is 1. The van der Waals surface area contributed by atoms with E-state index in [4.69, 9.17) is 9.47 Å². The average molecular weight is 387 g/mol. The molecule has 0 atom stereocenters. The van der Waals surface area contributed by atoms with E-state index in [1.165, 1.54) is 55.3 Å². The Balaban J connectivity index is 1.98. The van der Waals surface area contributed by atoms with E-state index in [2.05, 4.69) is 10.4 Å². The van der Waals surface area contributed by atoms with Gasteiger partial charge in [0.25, 0.3) is 5.91 Å². The number of methoxy groups -OCH3 is 2. The fourth-order valence-electron chi connectivity index (χ4n) is 2.44. The molecule has 7 nitrogen and oxygen atoms in total. The SMILES string of the molecule is COc1ccc(NC(=O)c2nn(-c3ccc(F)cc3)c(OC)cc2=O)cc1F. The standard InChI is InChI=1S/C19H15F2N3O4/c1-27-16-8-5-12(9-14(16)21)22-19(26)18-15(25)10-17(28-2)24(23-18)13-6-3-11(20)4-7-13/h3-10H,1-2H3,(H,22,26). The fourth-order valence-corrected chi connectivity index (χ4v) is 2.44. The first-order valence-electron chi connectivity index (χ1n) is 8.02. The van der Waals surface area contributed by atoms with Crippen molar-refractivity contribution in [3.8, 4) is 17.3 Å². The van der Waals surface area contributed by atoms with Crippen molar-refractivity contribution < 1.29 is 23.0 Å². The van der Waals surface area contributed by atoms with Crippen LogP contribution in [-0.4, -0.2) is 29.9 Å². The topological polar surface area (TPSA) is 82.4 Å². The molecular weight excluding hydrogens is 372 g/mol. The molecule has 144 valence electrons. The fraction of sp³-hybridized carbons (Fsp3) is 0.105. The van der Waals surface area contributed by atoms with Crippen molar-refractivity contribution in [3.05, 3.63) is 76.1 Å². The number of anilines is 1. The van der Waals surface area contributed by atoms with Crippen LogP contribution >= 0.6 is 0 Å². The zero-order chi connectivity index (χ0) is 20.3. The van der Waals surface area contributed by atoms with Crippen molar-refractivity contribution in [2.75, 3.05) is 19.5 Å². The van der Waals surface area contributed by atoms with Crippen molar-refractivity contribution >= 4 is 11.6 Å². The van der Waals surface area contributed by atoms with Gasteiger partial charge >= 0.3 is 0 Å². The van der Waals surface area contributed by atoms with Crippen LogP contribution in [0.5, 0.6) is 11.6 Å². The van der Waals surface area contributed by atoms with Crippen LogP contribution < -0.4 is 20.2 Å². The van der Waals surface area contributed by atoms with Crippen LogP contribution in [0.15, 0.2) is 53.3 Å². The lowest BCUT2D eigenvalue weighted by molar-refractivity contribution is 0.101. The molecule has 0 aliphatic rings. The Labute approximate surface area is 158 Å². The van der Waals surface area contributed by atoms with Gasteiger partial charge in [-0.3, -0.25) is 9.59 Å². The molecule has 1 heterocycles. The summed E-state index contributed by atoms with van der Waals surface area (Å²) in [7, 11) is 2.65. The van der Waals surface area contributed by atoms with E-state index in [-0.39, 0.29) is 17.3 Å². The summed E-state index contributed by atoms with van der Waals surface area (Å²) >= 11 is 0. The number of ether oxygens (including phenoxy) is 2. The maximum absolute atomic E-state index is 13.8. The summed E-state index contributed by atoms with van der Waals surface area (Å²) in [5.74, 6) is -1.90. The Morgan fingerprint density at radius 1 is 1.04 bits per heavy atom. The lowest BCUT2D eigenvalue weighted by Gasteiger charge is -2.13. The number of hydrogen-bond acceptors (Lipinski definition) is 5. The molecule has 0 aliphatic carbocycles. The molecule has 0 radical (unpaired) electrons. The van der Waals surface area contributed by atoms with Crippen LogP contribution in [0.25, 0.3) is 5.69 Å². The van der Waals surface area contributed by atoms with Gasteiger partial charge < -0.3 is 14.8 Å². The van der Waals surface area contributed by atoms with Crippen LogP contribution in [0, 0.1) is 11.6 Å². The number of halogens is 2. The first-order chi connectivity index (χ1) is 13.4. The third kappa shape index (κ3) is 3.83. The molecule has 0 saturated carbocycles. The Bertz CT molecular complexity index is 1080. The Kier molecular flexibility index (Phi) is 5.35. The number of benzene rings is 2. The summed E-state index contributed by atoms with van der Waals surface area (Å²) in [5.41, 5.74) is -0.639. The van der Waals surface area contributed by atoms with E-state index in [1.807, 2.05) is 0 Å². The predicted molar refractivity (Wildman–Crippen MR) is 97.2 cm³/mol. The van der Waals surface area contributed by atoms with Gasteiger partial charge in [0.1, 0.15) is 5.82 Å². The van der Waals surface area contributed by atoms with Gasteiger partial charge in [0, 0.05) is 11.8 Å². The van der Waals surface area contributed by atoms with Crippen molar-refractivity contribution in [2.24, 2.45) is 0 Å². The van der Waals surface area contributed by atoms with Crippen molar-refractivity contribution in [1.82, 2.24) is 9.78 Å². The van der Waals surface area contributed by atoms with Crippen molar-refractivity contribution in [2.45, 2.75) is 0 Å². The summed E-state index contributed by atoms with van der Waals surface area (Å²) < 4.78 is 38.1. The highest BCUT2D eigenvalue weighted by molar-refractivity contribution is 6.02. The van der Waals surface area contributed by atoms with Crippen LogP contribution in [0.3, 0.4) is 0 Å². The second kappa shape index (κ2) is 7.87. The number of aromatic nitrogens is 2. The van der Waals surface area contributed by atoms with E-state index in [0.29, 0.717) is 5.69 Å². The van der Waals surface area contributed by atoms with Crippen LogP contribution in [0.4, 0.5) is 14.5 Å². The van der Waals surface area contributed by atoms with E-state index >= 15 is 0 Å². The molecule has 0 unspecified atom stereocenters. The van der Waals surface area contributed by atoms with Gasteiger partial charge in [0.15, 0.2) is 17.3 Å². The van der Waals surface area contributed by atoms with E-state index in [1.54, 1.807) is 0 Å². The highest BCUT2D eigenvalue weighted by atomic mass is 19.1. The van der Waals surface area contributed by atoms with Gasteiger partial charge in [0.05, 0.1) is 26.0 Å². The smallest absolute Gasteiger partial charge is 0.280 e. The summed E-state index contributed by atoms with van der Waals surface area (Å²) in [6.07, 6.45) is 0. The number of nitrogens with zero attached hydrogens (tertiary/aromatic N) is 2. The van der Waals surface area contributed by atoms with Gasteiger partial charge in [-0.05, 0) is 36.4 Å². The number of amides is 1. The Morgan fingerprint density at radius 3 is 2.36 bits per heavy atom. The van der Waals surface area contributed by atoms with Gasteiger partial charge in [0.2, 0.25) is 11.3 Å². The minimum Gasteiger partial charge on any atom is -0.494 e. The lowest BCUT2D eigenvalue weighted by atomic mass is 10.2. The van der Waals surface area contributed by atoms with E-state index < -0.39 is 28.7 Å². The lowest BCUT2D eigenvalue weighted by Crippen LogP contribution is -2.26. The molecule has 0 bridgehead atoms. The summed E-state index contributed by atoms with van der Waals surface area (Å²) in [5, 5.41) is 6.43. The maximum Gasteiger partial charge on any atom is 0.280 e. The molecule has 3 aromatic rings. The van der Waals surface area contributed by atoms with E-state index in [9.17, 15) is 18.4 Å². The molecule has 0 spiro atoms. The molecule has 28 heavy (non-hydrogen) atoms. The highest BCUT2D eigenvalue weighted by Crippen LogP contribution is 2.21. The Morgan fingerprint density at radius 2 is 1.75 bits per heavy atom. The minimum atomic E-state index is -0.840. The number of rotatable bonds is 5. The predicted octanol–water partition coefficient (Wildman–Crippen LogP) is 2.78. The number of carbonyl (C=O) groups is 1. The summed E-state index contributed by atoms with van der Waals surface area (Å²) in [4.78, 5) is 24.8. The molecule has 9 heteroatoms. The van der Waals surface area contributed by atoms with Crippen LogP contribution in [0.2, 0.25) is 0 Å². The average Bonchev–Trinajstić information content (AvgIpc) is 2.68. The number of carbonyl (C=O) groups excluding carboxylic acids is 1. The second-order valence-corrected chi connectivity index (χ2v) is 5.59. The summed E-state index contributed by atoms with van der Waals surface area (Å²) in [6.45, 7) is 0.